The SMILES string of the molecule is CN(C)c1n[nH]c2nc(C(c3csc(NC(=O)c4ccc(Cl)cc4)n3)c3c(Cl)cc(S(N)(=O)=O)cc3Cl)[nH]c(=O)c12. The van der Waals surface area contributed by atoms with E-state index in [1.807, 2.05) is 0 Å². The lowest BCUT2D eigenvalue weighted by atomic mass is 9.95. The predicted molar refractivity (Wildman–Crippen MR) is 159 cm³/mol. The molecule has 0 aliphatic carbocycles. The molecule has 3 aromatic heterocycles. The summed E-state index contributed by atoms with van der Waals surface area (Å²) >= 11 is 20.2. The van der Waals surface area contributed by atoms with Gasteiger partial charge in [0.1, 0.15) is 11.2 Å². The van der Waals surface area contributed by atoms with Crippen LogP contribution in [0.1, 0.15) is 33.4 Å². The van der Waals surface area contributed by atoms with Gasteiger partial charge in [-0.25, -0.2) is 23.5 Å². The molecule has 1 atom stereocenters. The molecule has 0 spiro atoms. The van der Waals surface area contributed by atoms with Crippen LogP contribution >= 0.6 is 46.1 Å². The summed E-state index contributed by atoms with van der Waals surface area (Å²) in [5.41, 5.74) is 0.573. The highest BCUT2D eigenvalue weighted by molar-refractivity contribution is 7.89. The average Bonchev–Trinajstić information content (AvgIpc) is 3.53. The summed E-state index contributed by atoms with van der Waals surface area (Å²) in [6.07, 6.45) is 0. The van der Waals surface area contributed by atoms with Gasteiger partial charge in [0.05, 0.1) is 16.5 Å². The van der Waals surface area contributed by atoms with Gasteiger partial charge in [0.2, 0.25) is 10.0 Å². The molecular formula is C24H19Cl3N8O4S2. The molecule has 0 saturated heterocycles. The molecule has 0 aliphatic rings. The Morgan fingerprint density at radius 2 is 1.76 bits per heavy atom. The lowest BCUT2D eigenvalue weighted by Crippen LogP contribution is -2.19. The first-order valence-electron chi connectivity index (χ1n) is 11.5. The Bertz CT molecular complexity index is 1950. The van der Waals surface area contributed by atoms with E-state index in [1.165, 1.54) is 0 Å². The summed E-state index contributed by atoms with van der Waals surface area (Å²) in [5.74, 6) is -0.949. The van der Waals surface area contributed by atoms with Crippen LogP contribution in [0.15, 0.2) is 51.5 Å². The van der Waals surface area contributed by atoms with Crippen molar-refractivity contribution in [2.45, 2.75) is 10.8 Å². The second-order valence-electron chi connectivity index (χ2n) is 8.93. The fourth-order valence-electron chi connectivity index (χ4n) is 4.07. The Labute approximate surface area is 251 Å². The molecule has 5 N–H and O–H groups in total. The van der Waals surface area contributed by atoms with Gasteiger partial charge in [-0.15, -0.1) is 11.3 Å². The van der Waals surface area contributed by atoms with Crippen molar-refractivity contribution in [2.75, 3.05) is 24.3 Å². The van der Waals surface area contributed by atoms with Gasteiger partial charge in [-0.1, -0.05) is 34.8 Å². The summed E-state index contributed by atoms with van der Waals surface area (Å²) in [4.78, 5) is 39.2. The molecule has 0 bridgehead atoms. The molecule has 5 rings (SSSR count). The number of H-pyrrole nitrogens is 2. The molecule has 1 unspecified atom stereocenters. The number of thiazole rings is 1. The van der Waals surface area contributed by atoms with Gasteiger partial charge in [0, 0.05) is 45.7 Å². The van der Waals surface area contributed by atoms with Crippen molar-refractivity contribution < 1.29 is 13.2 Å². The van der Waals surface area contributed by atoms with Crippen LogP contribution in [0.5, 0.6) is 0 Å². The maximum Gasteiger partial charge on any atom is 0.264 e. The van der Waals surface area contributed by atoms with E-state index in [2.05, 4.69) is 30.5 Å². The number of anilines is 2. The van der Waals surface area contributed by atoms with Crippen molar-refractivity contribution >= 4 is 84.1 Å². The third-order valence-electron chi connectivity index (χ3n) is 5.94. The molecule has 0 saturated carbocycles. The summed E-state index contributed by atoms with van der Waals surface area (Å²) in [6.45, 7) is 0. The summed E-state index contributed by atoms with van der Waals surface area (Å²) in [5, 5.41) is 17.4. The summed E-state index contributed by atoms with van der Waals surface area (Å²) in [6, 6.07) is 8.61. The van der Waals surface area contributed by atoms with Crippen molar-refractivity contribution in [3.8, 4) is 0 Å². The third kappa shape index (κ3) is 5.80. The first-order valence-corrected chi connectivity index (χ1v) is 15.1. The lowest BCUT2D eigenvalue weighted by molar-refractivity contribution is 0.102. The number of carbonyl (C=O) groups excluding carboxylic acids is 1. The van der Waals surface area contributed by atoms with Crippen LogP contribution in [0.2, 0.25) is 15.1 Å². The summed E-state index contributed by atoms with van der Waals surface area (Å²) < 4.78 is 24.0. The predicted octanol–water partition coefficient (Wildman–Crippen LogP) is 4.21. The minimum Gasteiger partial charge on any atom is -0.361 e. The topological polar surface area (TPSA) is 180 Å². The Hall–Kier alpha value is -3.53. The minimum absolute atomic E-state index is 0.0624. The van der Waals surface area contributed by atoms with E-state index < -0.39 is 27.4 Å². The molecule has 41 heavy (non-hydrogen) atoms. The molecule has 0 aliphatic heterocycles. The maximum absolute atomic E-state index is 13.2. The number of amides is 1. The number of nitrogens with one attached hydrogen (secondary N) is 3. The number of halogens is 3. The highest BCUT2D eigenvalue weighted by atomic mass is 35.5. The molecule has 1 amide bonds. The molecule has 3 heterocycles. The smallest absolute Gasteiger partial charge is 0.264 e. The number of aromatic amines is 2. The molecule has 12 nitrogen and oxygen atoms in total. The second kappa shape index (κ2) is 11.0. The van der Waals surface area contributed by atoms with Crippen molar-refractivity contribution in [3.63, 3.8) is 0 Å². The number of aromatic nitrogens is 5. The van der Waals surface area contributed by atoms with Crippen LogP contribution in [0.25, 0.3) is 11.0 Å². The van der Waals surface area contributed by atoms with Crippen LogP contribution in [0.3, 0.4) is 0 Å². The van der Waals surface area contributed by atoms with Crippen molar-refractivity contribution in [1.82, 2.24) is 25.1 Å². The number of sulfonamides is 1. The fraction of sp³-hybridized carbons (Fsp3) is 0.125. The highest BCUT2D eigenvalue weighted by Gasteiger charge is 2.30. The van der Waals surface area contributed by atoms with E-state index in [4.69, 9.17) is 39.9 Å². The molecule has 2 aromatic carbocycles. The quantitative estimate of drug-likeness (QED) is 0.202. The molecule has 212 valence electrons. The van der Waals surface area contributed by atoms with Gasteiger partial charge in [-0.05, 0) is 36.4 Å². The number of primary sulfonamides is 1. The van der Waals surface area contributed by atoms with Crippen molar-refractivity contribution in [2.24, 2.45) is 5.14 Å². The number of fused-ring (bicyclic) bond motifs is 1. The van der Waals surface area contributed by atoms with E-state index in [1.54, 1.807) is 48.6 Å². The van der Waals surface area contributed by atoms with Gasteiger partial charge in [-0.3, -0.25) is 20.0 Å². The zero-order chi connectivity index (χ0) is 29.6. The molecule has 17 heteroatoms. The molecule has 0 fully saturated rings. The monoisotopic (exact) mass is 652 g/mol. The fourth-order valence-corrected chi connectivity index (χ4v) is 6.33. The Morgan fingerprint density at radius 1 is 1.10 bits per heavy atom. The van der Waals surface area contributed by atoms with Crippen LogP contribution in [-0.2, 0) is 10.0 Å². The van der Waals surface area contributed by atoms with Crippen LogP contribution in [-0.4, -0.2) is 53.6 Å². The van der Waals surface area contributed by atoms with Gasteiger partial charge >= 0.3 is 0 Å². The number of nitrogens with zero attached hydrogens (tertiary/aromatic N) is 4. The number of hydrogen-bond donors (Lipinski definition) is 4. The first kappa shape index (κ1) is 29.0. The van der Waals surface area contributed by atoms with E-state index >= 15 is 0 Å². The average molecular weight is 654 g/mol. The zero-order valence-electron chi connectivity index (χ0n) is 21.1. The standard InChI is InChI=1S/C24H19Cl3N8O4S2/c1-35(2)21-18-20(33-34-21)30-19(31-23(18)37)17(16-13(26)7-12(8-14(16)27)41(28,38)39)15-9-40-24(29-15)32-22(36)10-3-5-11(25)6-4-10/h3-9,17H,1-2H3,(H2,28,38,39)(H,29,32,36)(H2,30,31,33,34,37). The normalized spacial score (nSPS) is 12.4. The largest absolute Gasteiger partial charge is 0.361 e. The highest BCUT2D eigenvalue weighted by Crippen LogP contribution is 2.41. The first-order chi connectivity index (χ1) is 19.3. The Kier molecular flexibility index (Phi) is 7.80. The number of nitrogens with two attached hydrogens (primary N) is 1. The third-order valence-corrected chi connectivity index (χ3v) is 8.49. The maximum atomic E-state index is 13.2. The Balaban J connectivity index is 1.64. The van der Waals surface area contributed by atoms with Crippen molar-refractivity contribution in [3.05, 3.63) is 89.8 Å². The Morgan fingerprint density at radius 3 is 2.37 bits per heavy atom. The number of carbonyl (C=O) groups is 1. The van der Waals surface area contributed by atoms with Gasteiger partial charge in [0.25, 0.3) is 11.5 Å². The van der Waals surface area contributed by atoms with E-state index in [9.17, 15) is 18.0 Å². The van der Waals surface area contributed by atoms with Gasteiger partial charge < -0.3 is 9.88 Å². The molecular weight excluding hydrogens is 635 g/mol. The van der Waals surface area contributed by atoms with E-state index in [0.29, 0.717) is 22.1 Å². The molecule has 0 radical (unpaired) electrons. The van der Waals surface area contributed by atoms with Gasteiger partial charge in [0.15, 0.2) is 16.6 Å². The minimum atomic E-state index is -4.13. The number of rotatable bonds is 7. The summed E-state index contributed by atoms with van der Waals surface area (Å²) in [7, 11) is -0.669. The van der Waals surface area contributed by atoms with Gasteiger partial charge in [-0.2, -0.15) is 5.10 Å². The van der Waals surface area contributed by atoms with Crippen LogP contribution < -0.4 is 20.9 Å². The lowest BCUT2D eigenvalue weighted by Gasteiger charge is -2.19. The zero-order valence-corrected chi connectivity index (χ0v) is 25.0. The second-order valence-corrected chi connectivity index (χ2v) is 12.6. The number of benzene rings is 2. The molecule has 5 aromatic rings. The van der Waals surface area contributed by atoms with E-state index in [-0.39, 0.29) is 42.5 Å². The van der Waals surface area contributed by atoms with E-state index in [0.717, 1.165) is 23.5 Å². The number of hydrogen-bond acceptors (Lipinski definition) is 9. The van der Waals surface area contributed by atoms with Crippen molar-refractivity contribution in [1.29, 1.82) is 0 Å². The van der Waals surface area contributed by atoms with Crippen LogP contribution in [0.4, 0.5) is 10.9 Å². The van der Waals surface area contributed by atoms with Crippen LogP contribution in [0, 0.1) is 0 Å².